The van der Waals surface area contributed by atoms with Crippen LogP contribution in [0.1, 0.15) is 25.0 Å². The van der Waals surface area contributed by atoms with Gasteiger partial charge in [0.15, 0.2) is 11.5 Å². The molecular weight excluding hydrogens is 609 g/mol. The smallest absolute Gasteiger partial charge is 0.264 e. The molecule has 4 aromatic carbocycles. The predicted molar refractivity (Wildman–Crippen MR) is 175 cm³/mol. The van der Waals surface area contributed by atoms with Crippen molar-refractivity contribution in [3.8, 4) is 11.5 Å². The van der Waals surface area contributed by atoms with Gasteiger partial charge in [0.05, 0.1) is 24.8 Å². The van der Waals surface area contributed by atoms with E-state index in [9.17, 15) is 22.4 Å². The van der Waals surface area contributed by atoms with Gasteiger partial charge in [-0.15, -0.1) is 0 Å². The zero-order valence-electron chi connectivity index (χ0n) is 26.2. The van der Waals surface area contributed by atoms with Gasteiger partial charge in [-0.2, -0.15) is 0 Å². The van der Waals surface area contributed by atoms with E-state index in [1.807, 2.05) is 44.2 Å². The van der Waals surface area contributed by atoms with Gasteiger partial charge >= 0.3 is 0 Å². The van der Waals surface area contributed by atoms with E-state index in [0.717, 1.165) is 9.87 Å². The number of hydrogen-bond donors (Lipinski definition) is 1. The predicted octanol–water partition coefficient (Wildman–Crippen LogP) is 5.20. The standard InChI is InChI=1S/C35H38FN3O6S/c1-25(2)37-35(41)31(21-26-11-7-5-8-12-26)38(23-27-15-17-28(36)18-16-27)34(40)24-39(46(42,43)30-13-9-6-10-14-30)29-19-20-32(44-3)33(22-29)45-4/h5-20,22,25,31H,21,23-24H2,1-4H3,(H,37,41)/t31-/m1/s1. The van der Waals surface area contributed by atoms with E-state index in [2.05, 4.69) is 5.32 Å². The highest BCUT2D eigenvalue weighted by Crippen LogP contribution is 2.34. The summed E-state index contributed by atoms with van der Waals surface area (Å²) in [5.74, 6) is -0.854. The number of nitrogens with zero attached hydrogens (tertiary/aromatic N) is 2. The van der Waals surface area contributed by atoms with Crippen molar-refractivity contribution < 1.29 is 31.9 Å². The van der Waals surface area contributed by atoms with Gasteiger partial charge in [-0.1, -0.05) is 60.7 Å². The summed E-state index contributed by atoms with van der Waals surface area (Å²) >= 11 is 0. The molecule has 1 N–H and O–H groups in total. The van der Waals surface area contributed by atoms with E-state index < -0.39 is 40.2 Å². The number of anilines is 1. The molecule has 9 nitrogen and oxygen atoms in total. The lowest BCUT2D eigenvalue weighted by molar-refractivity contribution is -0.140. The Morgan fingerprint density at radius 3 is 2.00 bits per heavy atom. The number of nitrogens with one attached hydrogen (secondary N) is 1. The van der Waals surface area contributed by atoms with Gasteiger partial charge in [-0.25, -0.2) is 12.8 Å². The fourth-order valence-corrected chi connectivity index (χ4v) is 6.38. The van der Waals surface area contributed by atoms with Crippen LogP contribution in [0.3, 0.4) is 0 Å². The van der Waals surface area contributed by atoms with E-state index in [-0.39, 0.29) is 35.3 Å². The van der Waals surface area contributed by atoms with Gasteiger partial charge in [-0.3, -0.25) is 13.9 Å². The Morgan fingerprint density at radius 1 is 0.804 bits per heavy atom. The number of carbonyl (C=O) groups excluding carboxylic acids is 2. The molecule has 1 atom stereocenters. The number of ether oxygens (including phenoxy) is 2. The number of sulfonamides is 1. The Bertz CT molecular complexity index is 1720. The molecule has 0 saturated heterocycles. The highest BCUT2D eigenvalue weighted by Gasteiger charge is 2.35. The van der Waals surface area contributed by atoms with Crippen LogP contribution in [0.4, 0.5) is 10.1 Å². The number of rotatable bonds is 14. The molecule has 0 unspecified atom stereocenters. The molecule has 0 aromatic heterocycles. The lowest BCUT2D eigenvalue weighted by Gasteiger charge is -2.34. The number of methoxy groups -OCH3 is 2. The van der Waals surface area contributed by atoms with E-state index in [0.29, 0.717) is 11.3 Å². The zero-order valence-corrected chi connectivity index (χ0v) is 27.0. The second-order valence-electron chi connectivity index (χ2n) is 10.9. The fraction of sp³-hybridized carbons (Fsp3) is 0.257. The van der Waals surface area contributed by atoms with Gasteiger partial charge in [0.25, 0.3) is 10.0 Å². The molecule has 0 radical (unpaired) electrons. The first-order valence-corrected chi connectivity index (χ1v) is 16.2. The second kappa shape index (κ2) is 15.4. The summed E-state index contributed by atoms with van der Waals surface area (Å²) in [4.78, 5) is 29.6. The second-order valence-corrected chi connectivity index (χ2v) is 12.7. The van der Waals surface area contributed by atoms with Crippen LogP contribution in [0.25, 0.3) is 0 Å². The van der Waals surface area contributed by atoms with Gasteiger partial charge in [0.2, 0.25) is 11.8 Å². The number of benzene rings is 4. The van der Waals surface area contributed by atoms with Crippen LogP contribution in [-0.4, -0.2) is 58.0 Å². The molecule has 0 aliphatic heterocycles. The summed E-state index contributed by atoms with van der Waals surface area (Å²) < 4.78 is 53.9. The van der Waals surface area contributed by atoms with Gasteiger partial charge in [0, 0.05) is 25.1 Å². The minimum Gasteiger partial charge on any atom is -0.493 e. The van der Waals surface area contributed by atoms with Crippen LogP contribution in [0, 0.1) is 5.82 Å². The molecule has 0 bridgehead atoms. The lowest BCUT2D eigenvalue weighted by atomic mass is 10.0. The molecule has 4 aromatic rings. The van der Waals surface area contributed by atoms with Gasteiger partial charge < -0.3 is 19.7 Å². The molecule has 2 amide bonds. The van der Waals surface area contributed by atoms with Crippen LogP contribution in [0.15, 0.2) is 108 Å². The van der Waals surface area contributed by atoms with Crippen molar-refractivity contribution in [1.82, 2.24) is 10.2 Å². The van der Waals surface area contributed by atoms with Crippen molar-refractivity contribution in [2.75, 3.05) is 25.1 Å². The Kier molecular flexibility index (Phi) is 11.4. The normalized spacial score (nSPS) is 11.9. The third kappa shape index (κ3) is 8.42. The van der Waals surface area contributed by atoms with Crippen molar-refractivity contribution in [1.29, 1.82) is 0 Å². The number of carbonyl (C=O) groups is 2. The summed E-state index contributed by atoms with van der Waals surface area (Å²) in [6.07, 6.45) is 0.161. The molecule has 4 rings (SSSR count). The topological polar surface area (TPSA) is 105 Å². The maximum absolute atomic E-state index is 14.5. The molecule has 46 heavy (non-hydrogen) atoms. The molecule has 0 heterocycles. The number of amides is 2. The third-order valence-electron chi connectivity index (χ3n) is 7.23. The maximum Gasteiger partial charge on any atom is 0.264 e. The highest BCUT2D eigenvalue weighted by atomic mass is 32.2. The average Bonchev–Trinajstić information content (AvgIpc) is 3.06. The van der Waals surface area contributed by atoms with Crippen LogP contribution in [0.2, 0.25) is 0 Å². The summed E-state index contributed by atoms with van der Waals surface area (Å²) in [6, 6.07) is 25.9. The molecule has 11 heteroatoms. The van der Waals surface area contributed by atoms with Crippen LogP contribution < -0.4 is 19.1 Å². The number of halogens is 1. The van der Waals surface area contributed by atoms with Crippen LogP contribution >= 0.6 is 0 Å². The Balaban J connectivity index is 1.83. The van der Waals surface area contributed by atoms with Crippen LogP contribution in [0.5, 0.6) is 11.5 Å². The molecule has 0 fully saturated rings. The summed E-state index contributed by atoms with van der Waals surface area (Å²) in [5.41, 5.74) is 1.52. The van der Waals surface area contributed by atoms with Crippen molar-refractivity contribution in [3.05, 3.63) is 120 Å². The van der Waals surface area contributed by atoms with Crippen molar-refractivity contribution >= 4 is 27.5 Å². The van der Waals surface area contributed by atoms with Gasteiger partial charge in [-0.05, 0) is 61.4 Å². The lowest BCUT2D eigenvalue weighted by Crippen LogP contribution is -2.54. The van der Waals surface area contributed by atoms with E-state index >= 15 is 0 Å². The van der Waals surface area contributed by atoms with E-state index in [4.69, 9.17) is 9.47 Å². The largest absolute Gasteiger partial charge is 0.493 e. The molecule has 242 valence electrons. The van der Waals surface area contributed by atoms with Crippen molar-refractivity contribution in [2.24, 2.45) is 0 Å². The first-order chi connectivity index (χ1) is 22.0. The van der Waals surface area contributed by atoms with Crippen molar-refractivity contribution in [3.63, 3.8) is 0 Å². The summed E-state index contributed by atoms with van der Waals surface area (Å²) in [6.45, 7) is 2.91. The quantitative estimate of drug-likeness (QED) is 0.202. The Hall–Kier alpha value is -4.90. The Labute approximate surface area is 269 Å². The maximum atomic E-state index is 14.5. The molecule has 0 aliphatic rings. The Morgan fingerprint density at radius 2 is 1.41 bits per heavy atom. The number of hydrogen-bond acceptors (Lipinski definition) is 6. The average molecular weight is 648 g/mol. The highest BCUT2D eigenvalue weighted by molar-refractivity contribution is 7.92. The first-order valence-electron chi connectivity index (χ1n) is 14.7. The fourth-order valence-electron chi connectivity index (χ4n) is 4.95. The van der Waals surface area contributed by atoms with Crippen LogP contribution in [-0.2, 0) is 32.6 Å². The van der Waals surface area contributed by atoms with E-state index in [1.54, 1.807) is 24.3 Å². The zero-order chi connectivity index (χ0) is 33.3. The van der Waals surface area contributed by atoms with Crippen molar-refractivity contribution in [2.45, 2.75) is 43.8 Å². The molecular formula is C35H38FN3O6S. The first kappa shape index (κ1) is 34.0. The summed E-state index contributed by atoms with van der Waals surface area (Å²) in [7, 11) is -1.40. The third-order valence-corrected chi connectivity index (χ3v) is 9.02. The minimum absolute atomic E-state index is 0.0268. The summed E-state index contributed by atoms with van der Waals surface area (Å²) in [5, 5.41) is 2.91. The monoisotopic (exact) mass is 647 g/mol. The molecule has 0 aliphatic carbocycles. The van der Waals surface area contributed by atoms with Gasteiger partial charge in [0.1, 0.15) is 18.4 Å². The minimum atomic E-state index is -4.29. The SMILES string of the molecule is COc1ccc(N(CC(=O)N(Cc2ccc(F)cc2)[C@H](Cc2ccccc2)C(=O)NC(C)C)S(=O)(=O)c2ccccc2)cc1OC. The van der Waals surface area contributed by atoms with E-state index in [1.165, 1.54) is 67.7 Å². The molecule has 0 saturated carbocycles. The molecule has 0 spiro atoms.